The van der Waals surface area contributed by atoms with E-state index in [-0.39, 0.29) is 0 Å². The van der Waals surface area contributed by atoms with Gasteiger partial charge in [-0.3, -0.25) is 4.79 Å². The van der Waals surface area contributed by atoms with E-state index >= 15 is 0 Å². The summed E-state index contributed by atoms with van der Waals surface area (Å²) in [5.41, 5.74) is 2.05. The summed E-state index contributed by atoms with van der Waals surface area (Å²) in [7, 11) is 0. The molecule has 1 heterocycles. The molecule has 1 N–H and O–H groups in total. The summed E-state index contributed by atoms with van der Waals surface area (Å²) in [5, 5.41) is 9.79. The highest BCUT2D eigenvalue weighted by Crippen LogP contribution is 2.42. The van der Waals surface area contributed by atoms with Crippen LogP contribution in [0.2, 0.25) is 0 Å². The summed E-state index contributed by atoms with van der Waals surface area (Å²) in [6, 6.07) is 8.41. The van der Waals surface area contributed by atoms with Gasteiger partial charge >= 0.3 is 5.97 Å². The second-order valence-electron chi connectivity index (χ2n) is 6.59. The third-order valence-corrected chi connectivity index (χ3v) is 5.02. The van der Waals surface area contributed by atoms with Crippen molar-refractivity contribution in [1.82, 2.24) is 0 Å². The average Bonchev–Trinajstić information content (AvgIpc) is 2.82. The van der Waals surface area contributed by atoms with Gasteiger partial charge in [0, 0.05) is 18.8 Å². The highest BCUT2D eigenvalue weighted by molar-refractivity contribution is 5.76. The predicted molar refractivity (Wildman–Crippen MR) is 80.1 cm³/mol. The van der Waals surface area contributed by atoms with Crippen molar-refractivity contribution in [2.24, 2.45) is 11.3 Å². The van der Waals surface area contributed by atoms with Gasteiger partial charge in [0.1, 0.15) is 0 Å². The fourth-order valence-corrected chi connectivity index (χ4v) is 4.00. The van der Waals surface area contributed by atoms with E-state index in [1.807, 2.05) is 6.07 Å². The van der Waals surface area contributed by atoms with Crippen LogP contribution >= 0.6 is 0 Å². The van der Waals surface area contributed by atoms with Crippen LogP contribution in [0.4, 0.5) is 5.69 Å². The first kappa shape index (κ1) is 13.5. The Bertz CT molecular complexity index is 513. The minimum Gasteiger partial charge on any atom is -0.481 e. The van der Waals surface area contributed by atoms with Gasteiger partial charge in [0.05, 0.1) is 5.41 Å². The molecule has 1 aromatic carbocycles. The number of fused-ring (bicyclic) bond motifs is 1. The van der Waals surface area contributed by atoms with Crippen LogP contribution in [0, 0.1) is 11.3 Å². The smallest absolute Gasteiger partial charge is 0.311 e. The molecule has 2 aliphatic rings. The number of anilines is 1. The predicted octanol–water partition coefficient (Wildman–Crippen LogP) is 3.33. The van der Waals surface area contributed by atoms with E-state index in [0.717, 1.165) is 32.2 Å². The van der Waals surface area contributed by atoms with Gasteiger partial charge in [-0.15, -0.1) is 0 Å². The lowest BCUT2D eigenvalue weighted by molar-refractivity contribution is -0.151. The van der Waals surface area contributed by atoms with Crippen LogP contribution < -0.4 is 4.90 Å². The molecule has 0 radical (unpaired) electrons. The molecule has 2 atom stereocenters. The number of nitrogens with zero attached hydrogens (tertiary/aromatic N) is 1. The molecule has 0 spiro atoms. The molecule has 0 bridgehead atoms. The lowest BCUT2D eigenvalue weighted by Gasteiger charge is -2.39. The standard InChI is InChI=1S/C17H23NO2/c1-13-5-4-9-17(11-13,16(19)20)12-18-10-8-14-6-2-3-7-15(14)18/h2-3,6-7,13H,4-5,8-12H2,1H3,(H,19,20). The van der Waals surface area contributed by atoms with E-state index in [0.29, 0.717) is 12.5 Å². The molecule has 20 heavy (non-hydrogen) atoms. The van der Waals surface area contributed by atoms with Crippen molar-refractivity contribution in [2.75, 3.05) is 18.0 Å². The average molecular weight is 273 g/mol. The fraction of sp³-hybridized carbons (Fsp3) is 0.588. The number of hydrogen-bond donors (Lipinski definition) is 1. The van der Waals surface area contributed by atoms with Crippen LogP contribution in [0.1, 0.15) is 38.2 Å². The first-order valence-electron chi connectivity index (χ1n) is 7.67. The number of carbonyl (C=O) groups is 1. The largest absolute Gasteiger partial charge is 0.481 e. The molecule has 1 aliphatic carbocycles. The van der Waals surface area contributed by atoms with Crippen molar-refractivity contribution in [3.05, 3.63) is 29.8 Å². The van der Waals surface area contributed by atoms with Crippen molar-refractivity contribution in [2.45, 2.75) is 39.0 Å². The molecule has 3 nitrogen and oxygen atoms in total. The van der Waals surface area contributed by atoms with E-state index in [2.05, 4.69) is 30.0 Å². The van der Waals surface area contributed by atoms with Crippen molar-refractivity contribution >= 4 is 11.7 Å². The SMILES string of the molecule is CC1CCCC(CN2CCc3ccccc32)(C(=O)O)C1. The topological polar surface area (TPSA) is 40.5 Å². The number of para-hydroxylation sites is 1. The van der Waals surface area contributed by atoms with Crippen LogP contribution in [-0.2, 0) is 11.2 Å². The molecule has 1 saturated carbocycles. The van der Waals surface area contributed by atoms with Gasteiger partial charge in [-0.2, -0.15) is 0 Å². The van der Waals surface area contributed by atoms with Crippen LogP contribution in [0.3, 0.4) is 0 Å². The van der Waals surface area contributed by atoms with Crippen LogP contribution in [0.5, 0.6) is 0 Å². The summed E-state index contributed by atoms with van der Waals surface area (Å²) in [4.78, 5) is 14.2. The van der Waals surface area contributed by atoms with Crippen molar-refractivity contribution in [3.8, 4) is 0 Å². The van der Waals surface area contributed by atoms with Gasteiger partial charge in [0.15, 0.2) is 0 Å². The molecule has 2 unspecified atom stereocenters. The summed E-state index contributed by atoms with van der Waals surface area (Å²) in [6.45, 7) is 3.82. The van der Waals surface area contributed by atoms with E-state index in [4.69, 9.17) is 0 Å². The van der Waals surface area contributed by atoms with Gasteiger partial charge < -0.3 is 10.0 Å². The van der Waals surface area contributed by atoms with Gasteiger partial charge in [-0.25, -0.2) is 0 Å². The Morgan fingerprint density at radius 2 is 2.25 bits per heavy atom. The highest BCUT2D eigenvalue weighted by Gasteiger charge is 2.43. The molecule has 3 heteroatoms. The number of benzene rings is 1. The van der Waals surface area contributed by atoms with Crippen LogP contribution in [-0.4, -0.2) is 24.2 Å². The molecule has 0 aromatic heterocycles. The van der Waals surface area contributed by atoms with Gasteiger partial charge in [0.25, 0.3) is 0 Å². The maximum absolute atomic E-state index is 11.9. The quantitative estimate of drug-likeness (QED) is 0.918. The number of rotatable bonds is 3. The van der Waals surface area contributed by atoms with Crippen molar-refractivity contribution in [1.29, 1.82) is 0 Å². The van der Waals surface area contributed by atoms with E-state index in [1.165, 1.54) is 17.7 Å². The van der Waals surface area contributed by atoms with Crippen LogP contribution in [0.15, 0.2) is 24.3 Å². The Labute approximate surface area is 120 Å². The number of carboxylic acid groups (broad SMARTS) is 1. The number of aliphatic carboxylic acids is 1. The second kappa shape index (κ2) is 5.12. The Morgan fingerprint density at radius 1 is 1.45 bits per heavy atom. The number of carboxylic acids is 1. The molecular formula is C17H23NO2. The summed E-state index contributed by atoms with van der Waals surface area (Å²) in [6.07, 6.45) is 4.91. The number of hydrogen-bond acceptors (Lipinski definition) is 2. The van der Waals surface area contributed by atoms with Gasteiger partial charge in [-0.05, 0) is 36.8 Å². The molecule has 0 saturated heterocycles. The van der Waals surface area contributed by atoms with Crippen molar-refractivity contribution in [3.63, 3.8) is 0 Å². The summed E-state index contributed by atoms with van der Waals surface area (Å²) >= 11 is 0. The van der Waals surface area contributed by atoms with E-state index < -0.39 is 11.4 Å². The normalized spacial score (nSPS) is 29.2. The molecule has 108 valence electrons. The first-order valence-corrected chi connectivity index (χ1v) is 7.67. The minimum absolute atomic E-state index is 0.526. The zero-order valence-corrected chi connectivity index (χ0v) is 12.1. The Balaban J connectivity index is 1.83. The molecule has 1 aromatic rings. The van der Waals surface area contributed by atoms with E-state index in [1.54, 1.807) is 0 Å². The van der Waals surface area contributed by atoms with Crippen LogP contribution in [0.25, 0.3) is 0 Å². The molecule has 3 rings (SSSR count). The van der Waals surface area contributed by atoms with Crippen molar-refractivity contribution < 1.29 is 9.90 Å². The third kappa shape index (κ3) is 2.30. The zero-order chi connectivity index (χ0) is 14.2. The maximum Gasteiger partial charge on any atom is 0.311 e. The summed E-state index contributed by atoms with van der Waals surface area (Å²) in [5.74, 6) is -0.0777. The maximum atomic E-state index is 11.9. The van der Waals surface area contributed by atoms with Gasteiger partial charge in [0.2, 0.25) is 0 Å². The minimum atomic E-state index is -0.603. The zero-order valence-electron chi connectivity index (χ0n) is 12.1. The van der Waals surface area contributed by atoms with E-state index in [9.17, 15) is 9.90 Å². The molecule has 1 aliphatic heterocycles. The fourth-order valence-electron chi connectivity index (χ4n) is 4.00. The molecule has 1 fully saturated rings. The second-order valence-corrected chi connectivity index (χ2v) is 6.59. The lowest BCUT2D eigenvalue weighted by Crippen LogP contribution is -2.45. The molecule has 0 amide bonds. The third-order valence-electron chi connectivity index (χ3n) is 5.02. The summed E-state index contributed by atoms with van der Waals surface area (Å²) < 4.78 is 0. The Hall–Kier alpha value is -1.51. The molecular weight excluding hydrogens is 250 g/mol. The monoisotopic (exact) mass is 273 g/mol. The van der Waals surface area contributed by atoms with Gasteiger partial charge in [-0.1, -0.05) is 38.0 Å². The highest BCUT2D eigenvalue weighted by atomic mass is 16.4. The Kier molecular flexibility index (Phi) is 3.45. The first-order chi connectivity index (χ1) is 9.61. The lowest BCUT2D eigenvalue weighted by atomic mass is 9.69. The Morgan fingerprint density at radius 3 is 3.00 bits per heavy atom.